The topological polar surface area (TPSA) is 122 Å². The molecular formula is C19H22F3N5O4. The standard InChI is InChI=1S/C19H22F3N5O4/c20-19(21,22)31-16-4-2-1-3-13(16)10-24-18-25-11-15(27(29)30)17(26-18)23-9-12-5-7-14(28)8-6-12/h1-4,11-12,14,28H,5-10H2,(H2,23,24,25,26). The molecule has 0 aliphatic heterocycles. The van der Waals surface area contributed by atoms with E-state index in [1.54, 1.807) is 6.07 Å². The second kappa shape index (κ2) is 9.77. The third-order valence-electron chi connectivity index (χ3n) is 4.98. The summed E-state index contributed by atoms with van der Waals surface area (Å²) in [5.74, 6) is -0.0644. The van der Waals surface area contributed by atoms with Gasteiger partial charge in [-0.05, 0) is 37.7 Å². The SMILES string of the molecule is O=[N+]([O-])c1cnc(NCc2ccccc2OC(F)(F)F)nc1NCC1CCC(O)CC1. The maximum absolute atomic E-state index is 12.6. The van der Waals surface area contributed by atoms with Crippen LogP contribution in [-0.2, 0) is 6.54 Å². The van der Waals surface area contributed by atoms with Crippen molar-refractivity contribution in [3.8, 4) is 5.75 Å². The fourth-order valence-electron chi connectivity index (χ4n) is 3.36. The van der Waals surface area contributed by atoms with Gasteiger partial charge in [0.25, 0.3) is 0 Å². The highest BCUT2D eigenvalue weighted by atomic mass is 19.4. The number of halogens is 3. The first-order valence-corrected chi connectivity index (χ1v) is 9.72. The van der Waals surface area contributed by atoms with Gasteiger partial charge in [0, 0.05) is 18.7 Å². The molecule has 12 heteroatoms. The second-order valence-corrected chi connectivity index (χ2v) is 7.25. The molecule has 0 unspecified atom stereocenters. The number of aliphatic hydroxyl groups is 1. The molecule has 1 aromatic heterocycles. The number of anilines is 2. The smallest absolute Gasteiger partial charge is 0.405 e. The zero-order chi connectivity index (χ0) is 22.4. The first kappa shape index (κ1) is 22.5. The predicted octanol–water partition coefficient (Wildman–Crippen LogP) is 3.86. The number of hydrogen-bond donors (Lipinski definition) is 3. The second-order valence-electron chi connectivity index (χ2n) is 7.25. The summed E-state index contributed by atoms with van der Waals surface area (Å²) in [5.41, 5.74) is -0.0840. The Hall–Kier alpha value is -3.15. The summed E-state index contributed by atoms with van der Waals surface area (Å²) in [6.45, 7) is 0.371. The fourth-order valence-corrected chi connectivity index (χ4v) is 3.36. The molecule has 1 aromatic carbocycles. The van der Waals surface area contributed by atoms with Crippen LogP contribution in [0.25, 0.3) is 0 Å². The molecule has 3 rings (SSSR count). The number of ether oxygens (including phenoxy) is 1. The van der Waals surface area contributed by atoms with Crippen molar-refractivity contribution in [2.45, 2.75) is 44.7 Å². The van der Waals surface area contributed by atoms with Gasteiger partial charge in [0.1, 0.15) is 11.9 Å². The lowest BCUT2D eigenvalue weighted by molar-refractivity contribution is -0.384. The van der Waals surface area contributed by atoms with E-state index in [1.165, 1.54) is 18.2 Å². The average molecular weight is 441 g/mol. The van der Waals surface area contributed by atoms with E-state index < -0.39 is 11.3 Å². The van der Waals surface area contributed by atoms with Crippen LogP contribution in [-0.4, -0.2) is 39.0 Å². The summed E-state index contributed by atoms with van der Waals surface area (Å²) in [6.07, 6.45) is -1.12. The number of nitrogens with zero attached hydrogens (tertiary/aromatic N) is 3. The Balaban J connectivity index is 1.68. The lowest BCUT2D eigenvalue weighted by atomic mass is 9.87. The summed E-state index contributed by atoms with van der Waals surface area (Å²) in [5, 5.41) is 26.6. The maximum Gasteiger partial charge on any atom is 0.573 e. The van der Waals surface area contributed by atoms with Gasteiger partial charge in [-0.15, -0.1) is 13.2 Å². The molecule has 0 radical (unpaired) electrons. The van der Waals surface area contributed by atoms with Crippen LogP contribution in [0, 0.1) is 16.0 Å². The third kappa shape index (κ3) is 6.67. The van der Waals surface area contributed by atoms with Gasteiger partial charge in [-0.1, -0.05) is 18.2 Å². The van der Waals surface area contributed by atoms with Crippen molar-refractivity contribution in [1.29, 1.82) is 0 Å². The number of alkyl halides is 3. The summed E-state index contributed by atoms with van der Waals surface area (Å²) in [6, 6.07) is 5.62. The molecule has 31 heavy (non-hydrogen) atoms. The quantitative estimate of drug-likeness (QED) is 0.417. The number of para-hydroxylation sites is 1. The van der Waals surface area contributed by atoms with Crippen molar-refractivity contribution in [3.05, 3.63) is 46.1 Å². The van der Waals surface area contributed by atoms with E-state index in [2.05, 4.69) is 25.3 Å². The Morgan fingerprint density at radius 3 is 2.58 bits per heavy atom. The Morgan fingerprint density at radius 2 is 1.90 bits per heavy atom. The van der Waals surface area contributed by atoms with Crippen molar-refractivity contribution in [3.63, 3.8) is 0 Å². The zero-order valence-electron chi connectivity index (χ0n) is 16.4. The number of aromatic nitrogens is 2. The molecule has 1 heterocycles. The highest BCUT2D eigenvalue weighted by molar-refractivity contribution is 5.57. The molecule has 1 aliphatic rings. The molecule has 1 fully saturated rings. The van der Waals surface area contributed by atoms with Gasteiger partial charge >= 0.3 is 12.0 Å². The lowest BCUT2D eigenvalue weighted by Gasteiger charge is -2.25. The monoisotopic (exact) mass is 441 g/mol. The molecular weight excluding hydrogens is 419 g/mol. The van der Waals surface area contributed by atoms with Crippen LogP contribution in [0.5, 0.6) is 5.75 Å². The average Bonchev–Trinajstić information content (AvgIpc) is 2.71. The molecule has 0 atom stereocenters. The van der Waals surface area contributed by atoms with E-state index in [0.717, 1.165) is 19.0 Å². The summed E-state index contributed by atoms with van der Waals surface area (Å²) < 4.78 is 41.7. The number of nitrogens with one attached hydrogen (secondary N) is 2. The largest absolute Gasteiger partial charge is 0.573 e. The van der Waals surface area contributed by atoms with Crippen molar-refractivity contribution in [2.24, 2.45) is 5.92 Å². The molecule has 1 aliphatic carbocycles. The molecule has 168 valence electrons. The number of hydrogen-bond acceptors (Lipinski definition) is 8. The van der Waals surface area contributed by atoms with Crippen LogP contribution in [0.3, 0.4) is 0 Å². The van der Waals surface area contributed by atoms with Crippen LogP contribution in [0.4, 0.5) is 30.6 Å². The lowest BCUT2D eigenvalue weighted by Crippen LogP contribution is -2.24. The highest BCUT2D eigenvalue weighted by Gasteiger charge is 2.32. The van der Waals surface area contributed by atoms with E-state index in [1.807, 2.05) is 0 Å². The van der Waals surface area contributed by atoms with Crippen molar-refractivity contribution in [1.82, 2.24) is 9.97 Å². The van der Waals surface area contributed by atoms with Crippen molar-refractivity contribution >= 4 is 17.5 Å². The van der Waals surface area contributed by atoms with Gasteiger partial charge in [0.05, 0.1) is 11.0 Å². The van der Waals surface area contributed by atoms with E-state index >= 15 is 0 Å². The summed E-state index contributed by atoms with van der Waals surface area (Å²) >= 11 is 0. The molecule has 3 N–H and O–H groups in total. The Kier molecular flexibility index (Phi) is 7.10. The van der Waals surface area contributed by atoms with Crippen LogP contribution in [0.1, 0.15) is 31.2 Å². The summed E-state index contributed by atoms with van der Waals surface area (Å²) in [4.78, 5) is 18.7. The Bertz CT molecular complexity index is 904. The zero-order valence-corrected chi connectivity index (χ0v) is 16.4. The van der Waals surface area contributed by atoms with E-state index in [9.17, 15) is 28.4 Å². The minimum absolute atomic E-state index is 0.0217. The molecule has 0 saturated heterocycles. The van der Waals surface area contributed by atoms with E-state index in [0.29, 0.717) is 19.4 Å². The molecule has 0 spiro atoms. The van der Waals surface area contributed by atoms with Crippen molar-refractivity contribution < 1.29 is 27.9 Å². The minimum Gasteiger partial charge on any atom is -0.405 e. The van der Waals surface area contributed by atoms with Gasteiger partial charge < -0.3 is 20.5 Å². The first-order chi connectivity index (χ1) is 14.7. The van der Waals surface area contributed by atoms with Gasteiger partial charge in [-0.2, -0.15) is 4.98 Å². The van der Waals surface area contributed by atoms with E-state index in [4.69, 9.17) is 0 Å². The minimum atomic E-state index is -4.83. The number of nitro groups is 1. The predicted molar refractivity (Wildman–Crippen MR) is 106 cm³/mol. The Labute approximate surface area is 175 Å². The van der Waals surface area contributed by atoms with Gasteiger partial charge in [-0.3, -0.25) is 10.1 Å². The summed E-state index contributed by atoms with van der Waals surface area (Å²) in [7, 11) is 0. The van der Waals surface area contributed by atoms with Gasteiger partial charge in [0.2, 0.25) is 11.8 Å². The van der Waals surface area contributed by atoms with E-state index in [-0.39, 0.29) is 47.3 Å². The van der Waals surface area contributed by atoms with Crippen LogP contribution >= 0.6 is 0 Å². The molecule has 1 saturated carbocycles. The molecule has 0 amide bonds. The van der Waals surface area contributed by atoms with Crippen LogP contribution in [0.2, 0.25) is 0 Å². The third-order valence-corrected chi connectivity index (χ3v) is 4.98. The molecule has 9 nitrogen and oxygen atoms in total. The van der Waals surface area contributed by atoms with Crippen molar-refractivity contribution in [2.75, 3.05) is 17.2 Å². The maximum atomic E-state index is 12.6. The molecule has 0 bridgehead atoms. The fraction of sp³-hybridized carbons (Fsp3) is 0.474. The number of rotatable bonds is 8. The molecule has 2 aromatic rings. The first-order valence-electron chi connectivity index (χ1n) is 9.72. The van der Waals surface area contributed by atoms with Gasteiger partial charge in [-0.25, -0.2) is 4.98 Å². The number of aliphatic hydroxyl groups excluding tert-OH is 1. The highest BCUT2D eigenvalue weighted by Crippen LogP contribution is 2.28. The van der Waals surface area contributed by atoms with Gasteiger partial charge in [0.15, 0.2) is 0 Å². The number of benzene rings is 1. The van der Waals surface area contributed by atoms with Crippen LogP contribution < -0.4 is 15.4 Å². The van der Waals surface area contributed by atoms with Crippen LogP contribution in [0.15, 0.2) is 30.5 Å². The Morgan fingerprint density at radius 1 is 1.19 bits per heavy atom. The normalized spacial score (nSPS) is 19.0.